The van der Waals surface area contributed by atoms with Crippen LogP contribution in [0.25, 0.3) is 0 Å². The molecule has 2 aliphatic rings. The predicted molar refractivity (Wildman–Crippen MR) is 59.3 cm³/mol. The van der Waals surface area contributed by atoms with Gasteiger partial charge in [-0.05, 0) is 19.1 Å². The molecule has 2 rings (SSSR count). The number of likely N-dealkylation sites (N-methyl/N-ethyl adjacent to an activating group) is 1. The van der Waals surface area contributed by atoms with Crippen molar-refractivity contribution in [3.8, 4) is 0 Å². The van der Waals surface area contributed by atoms with Crippen molar-refractivity contribution >= 4 is 0 Å². The second-order valence-corrected chi connectivity index (χ2v) is 3.78. The lowest BCUT2D eigenvalue weighted by molar-refractivity contribution is 0.270. The van der Waals surface area contributed by atoms with Gasteiger partial charge in [0.2, 0.25) is 0 Å². The Labute approximate surface area is 89.9 Å². The predicted octanol–water partition coefficient (Wildman–Crippen LogP) is 0.493. The summed E-state index contributed by atoms with van der Waals surface area (Å²) >= 11 is 0. The van der Waals surface area contributed by atoms with E-state index in [1.54, 1.807) is 7.11 Å². The van der Waals surface area contributed by atoms with Gasteiger partial charge in [0.1, 0.15) is 11.6 Å². The molecule has 1 aliphatic carbocycles. The minimum Gasteiger partial charge on any atom is -0.497 e. The smallest absolute Gasteiger partial charge is 0.119 e. The van der Waals surface area contributed by atoms with E-state index >= 15 is 0 Å². The Bertz CT molecular complexity index is 357. The standard InChI is InChI=1S/C11H17N3O/c1-3-14-9-6-7(15-2)4-5-8(9)10(12)11(14)13/h4-6,8-9H,3,12-13H2,1-2H3. The van der Waals surface area contributed by atoms with Gasteiger partial charge in [-0.25, -0.2) is 0 Å². The third-order valence-corrected chi connectivity index (χ3v) is 3.07. The number of nitrogens with two attached hydrogens (primary N) is 2. The molecule has 0 amide bonds. The fraction of sp³-hybridized carbons (Fsp3) is 0.455. The molecule has 0 bridgehead atoms. The SMILES string of the molecule is CCN1C(N)=C(N)C2C=CC(OC)=CC21. The molecule has 4 heteroatoms. The maximum Gasteiger partial charge on any atom is 0.119 e. The zero-order valence-electron chi connectivity index (χ0n) is 9.10. The van der Waals surface area contributed by atoms with Crippen LogP contribution in [0.15, 0.2) is 35.5 Å². The molecule has 2 atom stereocenters. The molecule has 82 valence electrons. The summed E-state index contributed by atoms with van der Waals surface area (Å²) in [6.45, 7) is 2.93. The Hall–Kier alpha value is -1.58. The summed E-state index contributed by atoms with van der Waals surface area (Å²) in [7, 11) is 1.67. The normalized spacial score (nSPS) is 29.2. The molecule has 0 aromatic carbocycles. The van der Waals surface area contributed by atoms with Crippen molar-refractivity contribution in [3.63, 3.8) is 0 Å². The second kappa shape index (κ2) is 3.53. The summed E-state index contributed by atoms with van der Waals surface area (Å²) in [6, 6.07) is 0.218. The van der Waals surface area contributed by atoms with Crippen molar-refractivity contribution in [2.24, 2.45) is 17.4 Å². The van der Waals surface area contributed by atoms with Crippen LogP contribution in [0.4, 0.5) is 0 Å². The van der Waals surface area contributed by atoms with Gasteiger partial charge in [0.05, 0.1) is 18.8 Å². The molecular weight excluding hydrogens is 190 g/mol. The Morgan fingerprint density at radius 2 is 2.20 bits per heavy atom. The van der Waals surface area contributed by atoms with Crippen LogP contribution >= 0.6 is 0 Å². The molecule has 1 aliphatic heterocycles. The van der Waals surface area contributed by atoms with Crippen LogP contribution in [-0.4, -0.2) is 24.6 Å². The monoisotopic (exact) mass is 207 g/mol. The zero-order chi connectivity index (χ0) is 11.0. The second-order valence-electron chi connectivity index (χ2n) is 3.78. The van der Waals surface area contributed by atoms with E-state index in [0.717, 1.165) is 18.0 Å². The van der Waals surface area contributed by atoms with Crippen LogP contribution < -0.4 is 11.5 Å². The average molecular weight is 207 g/mol. The first-order valence-corrected chi connectivity index (χ1v) is 5.14. The summed E-state index contributed by atoms with van der Waals surface area (Å²) in [5.74, 6) is 1.77. The van der Waals surface area contributed by atoms with Gasteiger partial charge in [-0.1, -0.05) is 6.08 Å². The molecule has 4 nitrogen and oxygen atoms in total. The maximum atomic E-state index is 5.98. The number of hydrogen-bond donors (Lipinski definition) is 2. The molecule has 0 aromatic rings. The average Bonchev–Trinajstić information content (AvgIpc) is 2.51. The van der Waals surface area contributed by atoms with Gasteiger partial charge in [0.25, 0.3) is 0 Å². The van der Waals surface area contributed by atoms with E-state index < -0.39 is 0 Å². The van der Waals surface area contributed by atoms with Crippen molar-refractivity contribution < 1.29 is 4.74 Å². The van der Waals surface area contributed by atoms with Gasteiger partial charge in [-0.15, -0.1) is 0 Å². The van der Waals surface area contributed by atoms with Crippen LogP contribution in [0.5, 0.6) is 0 Å². The molecule has 0 fully saturated rings. The fourth-order valence-corrected chi connectivity index (χ4v) is 2.23. The summed E-state index contributed by atoms with van der Waals surface area (Å²) in [5, 5.41) is 0. The molecule has 15 heavy (non-hydrogen) atoms. The molecular formula is C11H17N3O. The van der Waals surface area contributed by atoms with Crippen LogP contribution in [0.3, 0.4) is 0 Å². The minimum atomic E-state index is 0.198. The highest BCUT2D eigenvalue weighted by Crippen LogP contribution is 2.33. The van der Waals surface area contributed by atoms with Crippen molar-refractivity contribution in [1.29, 1.82) is 0 Å². The number of methoxy groups -OCH3 is 1. The molecule has 0 spiro atoms. The lowest BCUT2D eigenvalue weighted by atomic mass is 9.94. The Morgan fingerprint density at radius 1 is 1.47 bits per heavy atom. The van der Waals surface area contributed by atoms with Crippen molar-refractivity contribution in [1.82, 2.24) is 4.90 Å². The summed E-state index contributed by atoms with van der Waals surface area (Å²) < 4.78 is 5.21. The largest absolute Gasteiger partial charge is 0.497 e. The van der Waals surface area contributed by atoms with Crippen LogP contribution in [0, 0.1) is 5.92 Å². The first-order chi connectivity index (χ1) is 7.19. The van der Waals surface area contributed by atoms with E-state index in [1.165, 1.54) is 0 Å². The van der Waals surface area contributed by atoms with E-state index in [0.29, 0.717) is 5.82 Å². The molecule has 2 unspecified atom stereocenters. The fourth-order valence-electron chi connectivity index (χ4n) is 2.23. The van der Waals surface area contributed by atoms with Crippen LogP contribution in [0.1, 0.15) is 6.92 Å². The van der Waals surface area contributed by atoms with E-state index in [2.05, 4.69) is 24.0 Å². The first-order valence-electron chi connectivity index (χ1n) is 5.14. The molecule has 0 saturated heterocycles. The van der Waals surface area contributed by atoms with Gasteiger partial charge >= 0.3 is 0 Å². The van der Waals surface area contributed by atoms with Gasteiger partial charge in [0.15, 0.2) is 0 Å². The van der Waals surface area contributed by atoms with Gasteiger partial charge in [-0.2, -0.15) is 0 Å². The third kappa shape index (κ3) is 1.37. The molecule has 4 N–H and O–H groups in total. The van der Waals surface area contributed by atoms with E-state index in [-0.39, 0.29) is 12.0 Å². The van der Waals surface area contributed by atoms with Gasteiger partial charge in [-0.3, -0.25) is 0 Å². The Kier molecular flexibility index (Phi) is 2.34. The first kappa shape index (κ1) is 9.96. The highest BCUT2D eigenvalue weighted by atomic mass is 16.5. The zero-order valence-corrected chi connectivity index (χ0v) is 9.10. The lowest BCUT2D eigenvalue weighted by Crippen LogP contribution is -2.35. The third-order valence-electron chi connectivity index (χ3n) is 3.07. The maximum absolute atomic E-state index is 5.98. The number of fused-ring (bicyclic) bond motifs is 1. The summed E-state index contributed by atoms with van der Waals surface area (Å²) in [4.78, 5) is 2.10. The quantitative estimate of drug-likeness (QED) is 0.692. The molecule has 0 aromatic heterocycles. The van der Waals surface area contributed by atoms with E-state index in [1.807, 2.05) is 6.08 Å². The number of ether oxygens (including phenoxy) is 1. The minimum absolute atomic E-state index is 0.198. The number of nitrogens with zero attached hydrogens (tertiary/aromatic N) is 1. The summed E-state index contributed by atoms with van der Waals surface area (Å²) in [6.07, 6.45) is 6.07. The highest BCUT2D eigenvalue weighted by Gasteiger charge is 2.36. The van der Waals surface area contributed by atoms with Crippen LogP contribution in [-0.2, 0) is 4.74 Å². The van der Waals surface area contributed by atoms with Gasteiger partial charge < -0.3 is 21.1 Å². The summed E-state index contributed by atoms with van der Waals surface area (Å²) in [5.41, 5.74) is 12.7. The molecule has 1 heterocycles. The topological polar surface area (TPSA) is 64.5 Å². The van der Waals surface area contributed by atoms with E-state index in [9.17, 15) is 0 Å². The van der Waals surface area contributed by atoms with E-state index in [4.69, 9.17) is 16.2 Å². The number of rotatable bonds is 2. The van der Waals surface area contributed by atoms with Crippen LogP contribution in [0.2, 0.25) is 0 Å². The van der Waals surface area contributed by atoms with Gasteiger partial charge in [0, 0.05) is 12.5 Å². The lowest BCUT2D eigenvalue weighted by Gasteiger charge is -2.28. The van der Waals surface area contributed by atoms with Crippen molar-refractivity contribution in [2.75, 3.05) is 13.7 Å². The molecule has 0 radical (unpaired) electrons. The molecule has 0 saturated carbocycles. The number of allylic oxidation sites excluding steroid dienone is 1. The Morgan fingerprint density at radius 3 is 2.80 bits per heavy atom. The Balaban J connectivity index is 2.32. The number of hydrogen-bond acceptors (Lipinski definition) is 4. The van der Waals surface area contributed by atoms with Crippen molar-refractivity contribution in [2.45, 2.75) is 13.0 Å². The highest BCUT2D eigenvalue weighted by molar-refractivity contribution is 5.35. The van der Waals surface area contributed by atoms with Crippen molar-refractivity contribution in [3.05, 3.63) is 35.5 Å².